The maximum atomic E-state index is 8.52. The van der Waals surface area contributed by atoms with E-state index in [2.05, 4.69) is 42.2 Å². The Kier molecular flexibility index (Phi) is 4.81. The summed E-state index contributed by atoms with van der Waals surface area (Å²) in [5.74, 6) is 0. The average molecular weight is 217 g/mol. The third kappa shape index (κ3) is 3.25. The van der Waals surface area contributed by atoms with Crippen molar-refractivity contribution in [2.45, 2.75) is 25.8 Å². The quantitative estimate of drug-likeness (QED) is 0.824. The van der Waals surface area contributed by atoms with Gasteiger partial charge in [0.1, 0.15) is 0 Å². The van der Waals surface area contributed by atoms with E-state index < -0.39 is 0 Å². The molecule has 1 atom stereocenters. The minimum atomic E-state index is 0.124. The second-order valence-electron chi connectivity index (χ2n) is 3.94. The van der Waals surface area contributed by atoms with E-state index in [9.17, 15) is 0 Å². The molecule has 0 aliphatic heterocycles. The van der Waals surface area contributed by atoms with E-state index in [0.717, 1.165) is 18.7 Å². The predicted octanol–water partition coefficient (Wildman–Crippen LogP) is 2.45. The Morgan fingerprint density at radius 2 is 2.00 bits per heavy atom. The number of nitriles is 1. The van der Waals surface area contributed by atoms with Gasteiger partial charge in [-0.05, 0) is 24.1 Å². The molecular weight excluding hydrogens is 198 g/mol. The summed E-state index contributed by atoms with van der Waals surface area (Å²) < 4.78 is 0. The molecule has 1 aromatic carbocycles. The lowest BCUT2D eigenvalue weighted by molar-refractivity contribution is 0.698. The highest BCUT2D eigenvalue weighted by atomic mass is 15.1. The Morgan fingerprint density at radius 3 is 2.50 bits per heavy atom. The molecule has 0 saturated carbocycles. The number of anilines is 1. The van der Waals surface area contributed by atoms with Gasteiger partial charge in [0.05, 0.1) is 12.5 Å². The lowest BCUT2D eigenvalue weighted by atomic mass is 10.1. The zero-order valence-electron chi connectivity index (χ0n) is 9.98. The molecule has 3 heteroatoms. The number of hydrogen-bond acceptors (Lipinski definition) is 3. The van der Waals surface area contributed by atoms with E-state index in [-0.39, 0.29) is 6.04 Å². The molecule has 2 N–H and O–H groups in total. The Hall–Kier alpha value is -1.53. The minimum Gasteiger partial charge on any atom is -0.374 e. The van der Waals surface area contributed by atoms with Crippen molar-refractivity contribution in [2.24, 2.45) is 5.73 Å². The van der Waals surface area contributed by atoms with Crippen molar-refractivity contribution in [1.29, 1.82) is 5.26 Å². The smallest absolute Gasteiger partial charge is 0.0640 e. The summed E-state index contributed by atoms with van der Waals surface area (Å²) in [6.45, 7) is 2.84. The van der Waals surface area contributed by atoms with Crippen LogP contribution in [0.3, 0.4) is 0 Å². The van der Waals surface area contributed by atoms with Crippen LogP contribution in [-0.4, -0.2) is 13.6 Å². The van der Waals surface area contributed by atoms with Gasteiger partial charge in [0.25, 0.3) is 0 Å². The summed E-state index contributed by atoms with van der Waals surface area (Å²) in [5, 5.41) is 8.52. The van der Waals surface area contributed by atoms with Crippen LogP contribution in [0, 0.1) is 11.3 Å². The molecule has 16 heavy (non-hydrogen) atoms. The van der Waals surface area contributed by atoms with Gasteiger partial charge in [-0.3, -0.25) is 0 Å². The molecule has 0 aromatic heterocycles. The maximum Gasteiger partial charge on any atom is 0.0640 e. The van der Waals surface area contributed by atoms with E-state index in [1.54, 1.807) is 0 Å². The van der Waals surface area contributed by atoms with E-state index in [1.165, 1.54) is 5.56 Å². The molecule has 0 saturated heterocycles. The molecule has 1 rings (SSSR count). The van der Waals surface area contributed by atoms with Crippen molar-refractivity contribution in [3.63, 3.8) is 0 Å². The second kappa shape index (κ2) is 6.14. The third-order valence-electron chi connectivity index (χ3n) is 2.76. The van der Waals surface area contributed by atoms with Crippen LogP contribution in [0.5, 0.6) is 0 Å². The molecule has 3 nitrogen and oxygen atoms in total. The number of nitrogens with zero attached hydrogens (tertiary/aromatic N) is 2. The van der Waals surface area contributed by atoms with Gasteiger partial charge in [-0.25, -0.2) is 0 Å². The van der Waals surface area contributed by atoms with Crippen molar-refractivity contribution in [3.8, 4) is 6.07 Å². The Balaban J connectivity index is 2.67. The minimum absolute atomic E-state index is 0.124. The normalized spacial score (nSPS) is 11.9. The molecule has 0 aliphatic carbocycles. The Bertz CT molecular complexity index is 350. The summed E-state index contributed by atoms with van der Waals surface area (Å²) >= 11 is 0. The van der Waals surface area contributed by atoms with Crippen LogP contribution in [0.25, 0.3) is 0 Å². The third-order valence-corrected chi connectivity index (χ3v) is 2.76. The highest BCUT2D eigenvalue weighted by Crippen LogP contribution is 2.18. The molecule has 0 fully saturated rings. The van der Waals surface area contributed by atoms with Gasteiger partial charge in [-0.2, -0.15) is 5.26 Å². The first kappa shape index (κ1) is 12.5. The van der Waals surface area contributed by atoms with Crippen LogP contribution in [0.4, 0.5) is 5.69 Å². The Morgan fingerprint density at radius 1 is 1.38 bits per heavy atom. The topological polar surface area (TPSA) is 53.0 Å². The van der Waals surface area contributed by atoms with Crippen LogP contribution < -0.4 is 10.6 Å². The van der Waals surface area contributed by atoms with E-state index in [4.69, 9.17) is 11.0 Å². The molecule has 0 bridgehead atoms. The van der Waals surface area contributed by atoms with Crippen molar-refractivity contribution >= 4 is 5.69 Å². The van der Waals surface area contributed by atoms with Gasteiger partial charge in [-0.15, -0.1) is 0 Å². The number of rotatable bonds is 5. The second-order valence-corrected chi connectivity index (χ2v) is 3.94. The molecule has 0 heterocycles. The van der Waals surface area contributed by atoms with Gasteiger partial charge < -0.3 is 10.6 Å². The molecule has 1 aromatic rings. The zero-order valence-corrected chi connectivity index (χ0v) is 9.98. The highest BCUT2D eigenvalue weighted by Gasteiger charge is 2.04. The number of hydrogen-bond donors (Lipinski definition) is 1. The molecule has 0 aliphatic rings. The fourth-order valence-electron chi connectivity index (χ4n) is 1.56. The van der Waals surface area contributed by atoms with Crippen molar-refractivity contribution < 1.29 is 0 Å². The van der Waals surface area contributed by atoms with Gasteiger partial charge in [0, 0.05) is 25.3 Å². The molecular formula is C13H19N3. The fraction of sp³-hybridized carbons (Fsp3) is 0.462. The number of nitrogens with two attached hydrogens (primary N) is 1. The first-order chi connectivity index (χ1) is 7.69. The molecule has 0 spiro atoms. The zero-order chi connectivity index (χ0) is 12.0. The predicted molar refractivity (Wildman–Crippen MR) is 67.2 cm³/mol. The van der Waals surface area contributed by atoms with Crippen LogP contribution in [-0.2, 0) is 0 Å². The van der Waals surface area contributed by atoms with E-state index >= 15 is 0 Å². The summed E-state index contributed by atoms with van der Waals surface area (Å²) in [6.07, 6.45) is 1.50. The van der Waals surface area contributed by atoms with Crippen molar-refractivity contribution in [2.75, 3.05) is 18.5 Å². The van der Waals surface area contributed by atoms with Crippen LogP contribution >= 0.6 is 0 Å². The maximum absolute atomic E-state index is 8.52. The lowest BCUT2D eigenvalue weighted by Crippen LogP contribution is -2.18. The fourth-order valence-corrected chi connectivity index (χ4v) is 1.56. The van der Waals surface area contributed by atoms with Crippen LogP contribution in [0.1, 0.15) is 31.4 Å². The Labute approximate surface area is 97.5 Å². The van der Waals surface area contributed by atoms with Gasteiger partial charge >= 0.3 is 0 Å². The summed E-state index contributed by atoms with van der Waals surface area (Å²) in [4.78, 5) is 2.07. The first-order valence-electron chi connectivity index (χ1n) is 5.62. The van der Waals surface area contributed by atoms with E-state index in [0.29, 0.717) is 6.42 Å². The van der Waals surface area contributed by atoms with Gasteiger partial charge in [0.15, 0.2) is 0 Å². The number of benzene rings is 1. The van der Waals surface area contributed by atoms with E-state index in [1.807, 2.05) is 7.05 Å². The average Bonchev–Trinajstić information content (AvgIpc) is 2.35. The van der Waals surface area contributed by atoms with Crippen molar-refractivity contribution in [1.82, 2.24) is 0 Å². The molecule has 0 unspecified atom stereocenters. The van der Waals surface area contributed by atoms with Gasteiger partial charge in [-0.1, -0.05) is 19.1 Å². The summed E-state index contributed by atoms with van der Waals surface area (Å²) in [6, 6.07) is 10.5. The van der Waals surface area contributed by atoms with Gasteiger partial charge in [0.2, 0.25) is 0 Å². The molecule has 0 radical (unpaired) electrons. The summed E-state index contributed by atoms with van der Waals surface area (Å²) in [7, 11) is 1.99. The van der Waals surface area contributed by atoms with Crippen LogP contribution in [0.15, 0.2) is 24.3 Å². The first-order valence-corrected chi connectivity index (χ1v) is 5.62. The van der Waals surface area contributed by atoms with Crippen LogP contribution in [0.2, 0.25) is 0 Å². The molecule has 0 amide bonds. The monoisotopic (exact) mass is 217 g/mol. The van der Waals surface area contributed by atoms with Crippen molar-refractivity contribution in [3.05, 3.63) is 29.8 Å². The standard InChI is InChI=1S/C13H19N3/c1-3-13(15)11-5-7-12(8-6-11)16(2)10-4-9-14/h5-8,13H,3-4,10,15H2,1-2H3/t13-/m0/s1. The molecule has 86 valence electrons. The lowest BCUT2D eigenvalue weighted by Gasteiger charge is -2.18. The largest absolute Gasteiger partial charge is 0.374 e. The SMILES string of the molecule is CC[C@H](N)c1ccc(N(C)CCC#N)cc1. The highest BCUT2D eigenvalue weighted by molar-refractivity contribution is 5.47. The summed E-state index contributed by atoms with van der Waals surface area (Å²) in [5.41, 5.74) is 8.24.